The van der Waals surface area contributed by atoms with Crippen molar-refractivity contribution >= 4 is 12.3 Å². The molecule has 0 fully saturated rings. The molecule has 0 N–H and O–H groups in total. The molecule has 21 heavy (non-hydrogen) atoms. The number of allylic oxidation sites excluding steroid dienone is 1. The fourth-order valence-corrected chi connectivity index (χ4v) is 1.86. The monoisotopic (exact) mass is 280 g/mol. The maximum absolute atomic E-state index is 12.0. The first-order chi connectivity index (χ1) is 10.2. The van der Waals surface area contributed by atoms with E-state index < -0.39 is 5.97 Å². The summed E-state index contributed by atoms with van der Waals surface area (Å²) in [6, 6.07) is 13.7. The first-order valence-corrected chi connectivity index (χ1v) is 6.70. The van der Waals surface area contributed by atoms with Crippen LogP contribution in [0.5, 0.6) is 5.75 Å². The lowest BCUT2D eigenvalue weighted by atomic mass is 10.1. The topological polar surface area (TPSA) is 43.4 Å². The third-order valence-corrected chi connectivity index (χ3v) is 3.05. The molecular weight excluding hydrogens is 264 g/mol. The molecule has 0 atom stereocenters. The largest absolute Gasteiger partial charge is 0.423 e. The van der Waals surface area contributed by atoms with E-state index in [1.54, 1.807) is 36.4 Å². The van der Waals surface area contributed by atoms with E-state index >= 15 is 0 Å². The molecule has 0 aliphatic carbocycles. The molecule has 0 saturated heterocycles. The number of rotatable bonds is 6. The fraction of sp³-hybridized carbons (Fsp3) is 0.111. The molecule has 2 aromatic carbocycles. The fourth-order valence-electron chi connectivity index (χ4n) is 1.86. The number of aryl methyl sites for hydroxylation is 1. The Kier molecular flexibility index (Phi) is 5.04. The van der Waals surface area contributed by atoms with E-state index in [2.05, 4.69) is 6.58 Å². The summed E-state index contributed by atoms with van der Waals surface area (Å²) in [5, 5.41) is 0. The smallest absolute Gasteiger partial charge is 0.343 e. The van der Waals surface area contributed by atoms with Gasteiger partial charge in [-0.1, -0.05) is 18.2 Å². The Bertz CT molecular complexity index is 625. The molecule has 0 unspecified atom stereocenters. The van der Waals surface area contributed by atoms with E-state index in [0.717, 1.165) is 24.7 Å². The van der Waals surface area contributed by atoms with E-state index in [4.69, 9.17) is 4.74 Å². The van der Waals surface area contributed by atoms with Crippen molar-refractivity contribution in [2.24, 2.45) is 0 Å². The zero-order valence-corrected chi connectivity index (χ0v) is 11.6. The Balaban J connectivity index is 2.01. The number of benzene rings is 2. The lowest BCUT2D eigenvalue weighted by Crippen LogP contribution is -2.08. The Morgan fingerprint density at radius 1 is 1.05 bits per heavy atom. The van der Waals surface area contributed by atoms with Gasteiger partial charge in [-0.25, -0.2) is 4.79 Å². The van der Waals surface area contributed by atoms with Crippen molar-refractivity contribution in [3.05, 3.63) is 77.9 Å². The molecule has 0 radical (unpaired) electrons. The van der Waals surface area contributed by atoms with Crippen LogP contribution in [0.15, 0.2) is 61.2 Å². The third kappa shape index (κ3) is 4.14. The highest BCUT2D eigenvalue weighted by atomic mass is 16.5. The van der Waals surface area contributed by atoms with Gasteiger partial charge in [0.05, 0.1) is 5.56 Å². The van der Waals surface area contributed by atoms with Gasteiger partial charge in [-0.2, -0.15) is 0 Å². The first kappa shape index (κ1) is 14.7. The Morgan fingerprint density at radius 3 is 2.29 bits per heavy atom. The van der Waals surface area contributed by atoms with E-state index in [-0.39, 0.29) is 0 Å². The van der Waals surface area contributed by atoms with Gasteiger partial charge >= 0.3 is 5.97 Å². The van der Waals surface area contributed by atoms with Gasteiger partial charge in [-0.05, 0) is 54.8 Å². The maximum atomic E-state index is 12.0. The number of ether oxygens (including phenoxy) is 1. The van der Waals surface area contributed by atoms with Crippen LogP contribution in [0.25, 0.3) is 0 Å². The van der Waals surface area contributed by atoms with Crippen molar-refractivity contribution in [1.29, 1.82) is 0 Å². The van der Waals surface area contributed by atoms with Crippen LogP contribution in [0.3, 0.4) is 0 Å². The van der Waals surface area contributed by atoms with Gasteiger partial charge in [0, 0.05) is 5.56 Å². The predicted octanol–water partition coefficient (Wildman–Crippen LogP) is 3.84. The molecule has 0 amide bonds. The van der Waals surface area contributed by atoms with Crippen LogP contribution in [-0.2, 0) is 6.42 Å². The van der Waals surface area contributed by atoms with Crippen LogP contribution in [-0.4, -0.2) is 12.3 Å². The summed E-state index contributed by atoms with van der Waals surface area (Å²) in [7, 11) is 0. The van der Waals surface area contributed by atoms with Gasteiger partial charge in [0.25, 0.3) is 0 Å². The molecule has 0 bridgehead atoms. The molecule has 0 spiro atoms. The van der Waals surface area contributed by atoms with Crippen LogP contribution < -0.4 is 4.74 Å². The van der Waals surface area contributed by atoms with Gasteiger partial charge in [0.15, 0.2) is 0 Å². The Morgan fingerprint density at radius 2 is 1.71 bits per heavy atom. The van der Waals surface area contributed by atoms with E-state index in [0.29, 0.717) is 16.9 Å². The third-order valence-electron chi connectivity index (χ3n) is 3.05. The molecule has 106 valence electrons. The van der Waals surface area contributed by atoms with Gasteiger partial charge in [-0.3, -0.25) is 4.79 Å². The summed E-state index contributed by atoms with van der Waals surface area (Å²) in [5.74, 6) is 0.00505. The van der Waals surface area contributed by atoms with Crippen molar-refractivity contribution in [1.82, 2.24) is 0 Å². The minimum absolute atomic E-state index is 0.413. The Hall–Kier alpha value is -2.68. The molecular formula is C18H16O3. The number of carbonyl (C=O) groups is 2. The number of aldehydes is 1. The van der Waals surface area contributed by atoms with Crippen molar-refractivity contribution in [3.8, 4) is 5.75 Å². The second kappa shape index (κ2) is 7.20. The van der Waals surface area contributed by atoms with Gasteiger partial charge in [-0.15, -0.1) is 6.58 Å². The summed E-state index contributed by atoms with van der Waals surface area (Å²) < 4.78 is 5.25. The number of carbonyl (C=O) groups excluding carboxylic acids is 2. The average molecular weight is 280 g/mol. The molecule has 0 aliphatic heterocycles. The highest BCUT2D eigenvalue weighted by molar-refractivity contribution is 5.91. The number of esters is 1. The molecule has 3 heteroatoms. The van der Waals surface area contributed by atoms with Crippen molar-refractivity contribution in [2.45, 2.75) is 12.8 Å². The number of hydrogen-bond acceptors (Lipinski definition) is 3. The quantitative estimate of drug-likeness (QED) is 0.349. The van der Waals surface area contributed by atoms with Gasteiger partial charge in [0.1, 0.15) is 12.0 Å². The van der Waals surface area contributed by atoms with Crippen molar-refractivity contribution in [3.63, 3.8) is 0 Å². The number of hydrogen-bond donors (Lipinski definition) is 0. The predicted molar refractivity (Wildman–Crippen MR) is 81.7 cm³/mol. The normalized spacial score (nSPS) is 9.90. The van der Waals surface area contributed by atoms with Crippen LogP contribution in [0, 0.1) is 0 Å². The minimum atomic E-state index is -0.413. The highest BCUT2D eigenvalue weighted by Gasteiger charge is 2.08. The zero-order valence-electron chi connectivity index (χ0n) is 11.6. The van der Waals surface area contributed by atoms with Crippen LogP contribution in [0.4, 0.5) is 0 Å². The molecule has 2 aromatic rings. The average Bonchev–Trinajstić information content (AvgIpc) is 2.54. The van der Waals surface area contributed by atoms with Crippen LogP contribution in [0.1, 0.15) is 32.7 Å². The lowest BCUT2D eigenvalue weighted by molar-refractivity contribution is 0.0734. The van der Waals surface area contributed by atoms with Crippen LogP contribution in [0.2, 0.25) is 0 Å². The summed E-state index contributed by atoms with van der Waals surface area (Å²) in [4.78, 5) is 22.5. The first-order valence-electron chi connectivity index (χ1n) is 6.70. The molecule has 0 aromatic heterocycles. The summed E-state index contributed by atoms with van der Waals surface area (Å²) >= 11 is 0. The van der Waals surface area contributed by atoms with Gasteiger partial charge in [0.2, 0.25) is 0 Å². The highest BCUT2D eigenvalue weighted by Crippen LogP contribution is 2.14. The standard InChI is InChI=1S/C18H16O3/c1-2-3-4-14-5-9-16(10-6-14)18(20)21-17-11-7-15(13-19)8-12-17/h2,5-13H,1,3-4H2. The van der Waals surface area contributed by atoms with E-state index in [1.807, 2.05) is 18.2 Å². The molecule has 3 nitrogen and oxygen atoms in total. The second-order valence-corrected chi connectivity index (χ2v) is 4.60. The molecule has 0 saturated carbocycles. The Labute approximate surface area is 123 Å². The lowest BCUT2D eigenvalue weighted by Gasteiger charge is -2.05. The molecule has 0 heterocycles. The summed E-state index contributed by atoms with van der Waals surface area (Å²) in [6.45, 7) is 3.68. The SMILES string of the molecule is C=CCCc1ccc(C(=O)Oc2ccc(C=O)cc2)cc1. The maximum Gasteiger partial charge on any atom is 0.343 e. The van der Waals surface area contributed by atoms with E-state index in [9.17, 15) is 9.59 Å². The van der Waals surface area contributed by atoms with Crippen LogP contribution >= 0.6 is 0 Å². The van der Waals surface area contributed by atoms with Gasteiger partial charge < -0.3 is 4.74 Å². The molecule has 0 aliphatic rings. The van der Waals surface area contributed by atoms with E-state index in [1.165, 1.54) is 0 Å². The zero-order chi connectivity index (χ0) is 15.1. The minimum Gasteiger partial charge on any atom is -0.423 e. The summed E-state index contributed by atoms with van der Waals surface area (Å²) in [5.41, 5.74) is 2.19. The second-order valence-electron chi connectivity index (χ2n) is 4.60. The molecule has 2 rings (SSSR count). The van der Waals surface area contributed by atoms with Crippen molar-refractivity contribution in [2.75, 3.05) is 0 Å². The summed E-state index contributed by atoms with van der Waals surface area (Å²) in [6.07, 6.45) is 4.43. The van der Waals surface area contributed by atoms with Crippen molar-refractivity contribution < 1.29 is 14.3 Å².